The van der Waals surface area contributed by atoms with Gasteiger partial charge < -0.3 is 5.73 Å². The molecular weight excluding hydrogens is 248 g/mol. The van der Waals surface area contributed by atoms with Crippen molar-refractivity contribution in [1.82, 2.24) is 4.90 Å². The van der Waals surface area contributed by atoms with Gasteiger partial charge in [-0.15, -0.1) is 0 Å². The molecule has 0 spiro atoms. The molecule has 0 aliphatic heterocycles. The number of nitrogens with zero attached hydrogens (tertiary/aromatic N) is 1. The number of hydrogen-bond donors (Lipinski definition) is 1. The highest BCUT2D eigenvalue weighted by Crippen LogP contribution is 2.39. The maximum Gasteiger partial charge on any atom is 0.152 e. The molecule has 0 aromatic rings. The normalized spacial score (nSPS) is 29.4. The fourth-order valence-corrected chi connectivity index (χ4v) is 5.39. The lowest BCUT2D eigenvalue weighted by Crippen LogP contribution is -2.61. The second-order valence-electron chi connectivity index (χ2n) is 5.60. The molecule has 4 nitrogen and oxygen atoms in total. The van der Waals surface area contributed by atoms with Gasteiger partial charge in [0.25, 0.3) is 0 Å². The van der Waals surface area contributed by atoms with Crippen molar-refractivity contribution in [2.24, 2.45) is 5.73 Å². The lowest BCUT2D eigenvalue weighted by atomic mass is 9.92. The number of hydrogen-bond acceptors (Lipinski definition) is 4. The van der Waals surface area contributed by atoms with Crippen molar-refractivity contribution in [3.8, 4) is 0 Å². The summed E-state index contributed by atoms with van der Waals surface area (Å²) in [5.41, 5.74) is 5.64. The van der Waals surface area contributed by atoms with Gasteiger partial charge in [-0.05, 0) is 32.7 Å². The summed E-state index contributed by atoms with van der Waals surface area (Å²) in [5, 5.41) is -0.305. The summed E-state index contributed by atoms with van der Waals surface area (Å²) in [4.78, 5) is 2.26. The third kappa shape index (κ3) is 2.73. The van der Waals surface area contributed by atoms with Gasteiger partial charge in [-0.3, -0.25) is 4.90 Å². The molecule has 0 radical (unpaired) electrons. The Morgan fingerprint density at radius 3 is 2.33 bits per heavy atom. The van der Waals surface area contributed by atoms with Crippen molar-refractivity contribution in [1.29, 1.82) is 0 Å². The molecular formula is C13H28N2O2S. The molecule has 0 aromatic heterocycles. The van der Waals surface area contributed by atoms with Gasteiger partial charge >= 0.3 is 0 Å². The Kier molecular flexibility index (Phi) is 5.21. The molecule has 1 fully saturated rings. The SMILES string of the molecule is CCC(CC)N(C)C1(CN)CCCC1S(C)(=O)=O. The van der Waals surface area contributed by atoms with E-state index in [0.29, 0.717) is 12.6 Å². The molecule has 18 heavy (non-hydrogen) atoms. The minimum atomic E-state index is -3.04. The molecule has 0 bridgehead atoms. The second kappa shape index (κ2) is 5.88. The fourth-order valence-electron chi connectivity index (χ4n) is 3.62. The van der Waals surface area contributed by atoms with Gasteiger partial charge in [0.05, 0.1) is 5.25 Å². The largest absolute Gasteiger partial charge is 0.329 e. The number of likely N-dealkylation sites (N-methyl/N-ethyl adjacent to an activating group) is 1. The van der Waals surface area contributed by atoms with Crippen LogP contribution in [-0.4, -0.2) is 50.0 Å². The molecule has 1 aliphatic carbocycles. The van der Waals surface area contributed by atoms with Gasteiger partial charge in [-0.2, -0.15) is 0 Å². The van der Waals surface area contributed by atoms with Crippen LogP contribution in [0.2, 0.25) is 0 Å². The van der Waals surface area contributed by atoms with Crippen LogP contribution in [0.1, 0.15) is 46.0 Å². The van der Waals surface area contributed by atoms with E-state index in [1.807, 2.05) is 7.05 Å². The van der Waals surface area contributed by atoms with Gasteiger partial charge in [-0.1, -0.05) is 20.3 Å². The zero-order valence-corrected chi connectivity index (χ0v) is 13.0. The fraction of sp³-hybridized carbons (Fsp3) is 1.00. The van der Waals surface area contributed by atoms with E-state index in [2.05, 4.69) is 18.7 Å². The Morgan fingerprint density at radius 1 is 1.39 bits per heavy atom. The molecule has 0 saturated heterocycles. The van der Waals surface area contributed by atoms with Gasteiger partial charge in [0.2, 0.25) is 0 Å². The molecule has 108 valence electrons. The Morgan fingerprint density at radius 2 is 1.94 bits per heavy atom. The van der Waals surface area contributed by atoms with E-state index in [0.717, 1.165) is 32.1 Å². The minimum absolute atomic E-state index is 0.305. The molecule has 1 saturated carbocycles. The Bertz CT molecular complexity index is 365. The van der Waals surface area contributed by atoms with E-state index in [-0.39, 0.29) is 10.8 Å². The molecule has 1 aliphatic rings. The first kappa shape index (κ1) is 15.9. The molecule has 1 rings (SSSR count). The summed E-state index contributed by atoms with van der Waals surface area (Å²) < 4.78 is 24.1. The average Bonchev–Trinajstić information content (AvgIpc) is 2.75. The van der Waals surface area contributed by atoms with Crippen LogP contribution in [0.25, 0.3) is 0 Å². The predicted octanol–water partition coefficient (Wildman–Crippen LogP) is 1.40. The zero-order valence-electron chi connectivity index (χ0n) is 12.1. The van der Waals surface area contributed by atoms with Crippen molar-refractivity contribution >= 4 is 9.84 Å². The summed E-state index contributed by atoms with van der Waals surface area (Å²) in [7, 11) is -0.989. The first-order valence-electron chi connectivity index (χ1n) is 6.95. The van der Waals surface area contributed by atoms with E-state index >= 15 is 0 Å². The predicted molar refractivity (Wildman–Crippen MR) is 76.4 cm³/mol. The molecule has 0 aromatic carbocycles. The lowest BCUT2D eigenvalue weighted by molar-refractivity contribution is 0.0792. The first-order valence-corrected chi connectivity index (χ1v) is 8.90. The molecule has 2 N–H and O–H groups in total. The van der Waals surface area contributed by atoms with E-state index in [1.165, 1.54) is 6.26 Å². The zero-order chi connectivity index (χ0) is 14.0. The summed E-state index contributed by atoms with van der Waals surface area (Å²) >= 11 is 0. The molecule has 5 heteroatoms. The maximum atomic E-state index is 12.0. The van der Waals surface area contributed by atoms with E-state index < -0.39 is 9.84 Å². The molecule has 0 amide bonds. The Hall–Kier alpha value is -0.130. The summed E-state index contributed by atoms with van der Waals surface area (Å²) in [6.07, 6.45) is 6.03. The third-order valence-corrected chi connectivity index (χ3v) is 6.45. The van der Waals surface area contributed by atoms with Gasteiger partial charge in [-0.25, -0.2) is 8.42 Å². The summed E-state index contributed by atoms with van der Waals surface area (Å²) in [6.45, 7) is 4.73. The first-order chi connectivity index (χ1) is 8.33. The molecule has 0 heterocycles. The van der Waals surface area contributed by atoms with Crippen LogP contribution in [0.15, 0.2) is 0 Å². The molecule has 2 atom stereocenters. The highest BCUT2D eigenvalue weighted by atomic mass is 32.2. The van der Waals surface area contributed by atoms with Crippen molar-refractivity contribution < 1.29 is 8.42 Å². The van der Waals surface area contributed by atoms with Crippen LogP contribution in [0, 0.1) is 0 Å². The van der Waals surface area contributed by atoms with E-state index in [1.54, 1.807) is 0 Å². The standard InChI is InChI=1S/C13H28N2O2S/c1-5-11(6-2)15(3)13(10-14)9-7-8-12(13)18(4,16)17/h11-12H,5-10,14H2,1-4H3. The van der Waals surface area contributed by atoms with Crippen molar-refractivity contribution in [2.45, 2.75) is 62.8 Å². The summed E-state index contributed by atoms with van der Waals surface area (Å²) in [5.74, 6) is 0. The topological polar surface area (TPSA) is 63.4 Å². The monoisotopic (exact) mass is 276 g/mol. The highest BCUT2D eigenvalue weighted by Gasteiger charge is 2.50. The Labute approximate surface area is 112 Å². The number of nitrogens with two attached hydrogens (primary N) is 1. The van der Waals surface area contributed by atoms with Crippen LogP contribution < -0.4 is 5.73 Å². The van der Waals surface area contributed by atoms with Crippen molar-refractivity contribution in [3.05, 3.63) is 0 Å². The highest BCUT2D eigenvalue weighted by molar-refractivity contribution is 7.91. The quantitative estimate of drug-likeness (QED) is 0.796. The van der Waals surface area contributed by atoms with Gasteiger partial charge in [0.1, 0.15) is 0 Å². The number of sulfone groups is 1. The maximum absolute atomic E-state index is 12.0. The Balaban J connectivity index is 3.11. The summed E-state index contributed by atoms with van der Waals surface area (Å²) in [6, 6.07) is 0.413. The van der Waals surface area contributed by atoms with Crippen LogP contribution in [-0.2, 0) is 9.84 Å². The van der Waals surface area contributed by atoms with Gasteiger partial charge in [0.15, 0.2) is 9.84 Å². The average molecular weight is 276 g/mol. The van der Waals surface area contributed by atoms with Gasteiger partial charge in [0, 0.05) is 24.4 Å². The van der Waals surface area contributed by atoms with Crippen molar-refractivity contribution in [3.63, 3.8) is 0 Å². The van der Waals surface area contributed by atoms with Crippen molar-refractivity contribution in [2.75, 3.05) is 19.8 Å². The van der Waals surface area contributed by atoms with Crippen LogP contribution in [0.4, 0.5) is 0 Å². The number of rotatable bonds is 6. The van der Waals surface area contributed by atoms with E-state index in [4.69, 9.17) is 5.73 Å². The van der Waals surface area contributed by atoms with Crippen LogP contribution in [0.3, 0.4) is 0 Å². The smallest absolute Gasteiger partial charge is 0.152 e. The lowest BCUT2D eigenvalue weighted by Gasteiger charge is -2.45. The minimum Gasteiger partial charge on any atom is -0.329 e. The third-order valence-electron chi connectivity index (χ3n) is 4.74. The second-order valence-corrected chi connectivity index (χ2v) is 7.83. The molecule has 2 unspecified atom stereocenters. The van der Waals surface area contributed by atoms with Crippen LogP contribution >= 0.6 is 0 Å². The van der Waals surface area contributed by atoms with Crippen LogP contribution in [0.5, 0.6) is 0 Å². The van der Waals surface area contributed by atoms with E-state index in [9.17, 15) is 8.42 Å².